The van der Waals surface area contributed by atoms with Crippen LogP contribution in [0.3, 0.4) is 0 Å². The summed E-state index contributed by atoms with van der Waals surface area (Å²) in [6.07, 6.45) is 3.93. The average molecular weight is 435 g/mol. The maximum Gasteiger partial charge on any atom is 0.273 e. The lowest BCUT2D eigenvalue weighted by Gasteiger charge is -2.32. The van der Waals surface area contributed by atoms with Gasteiger partial charge in [0.05, 0.1) is 5.92 Å². The summed E-state index contributed by atoms with van der Waals surface area (Å²) in [4.78, 5) is 48.2. The molecule has 2 amide bonds. The van der Waals surface area contributed by atoms with Crippen molar-refractivity contribution in [1.82, 2.24) is 25.2 Å². The molecule has 30 heavy (non-hydrogen) atoms. The fourth-order valence-corrected chi connectivity index (χ4v) is 4.43. The van der Waals surface area contributed by atoms with Gasteiger partial charge >= 0.3 is 0 Å². The van der Waals surface area contributed by atoms with Crippen molar-refractivity contribution >= 4 is 38.6 Å². The Kier molecular flexibility index (Phi) is 7.06. The highest BCUT2D eigenvalue weighted by Gasteiger charge is 2.28. The second kappa shape index (κ2) is 9.55. The number of nitrogens with one attached hydrogen (secondary N) is 2. The molecule has 0 spiro atoms. The van der Waals surface area contributed by atoms with Crippen LogP contribution in [-0.2, 0) is 16.1 Å². The summed E-state index contributed by atoms with van der Waals surface area (Å²) < 4.78 is 1.74. The summed E-state index contributed by atoms with van der Waals surface area (Å²) in [5, 5.41) is 6.52. The van der Waals surface area contributed by atoms with Crippen LogP contribution in [0.4, 0.5) is 5.13 Å². The quantitative estimate of drug-likeness (QED) is 0.684. The number of amides is 2. The minimum atomic E-state index is -0.269. The van der Waals surface area contributed by atoms with E-state index in [9.17, 15) is 14.4 Å². The fraction of sp³-hybridized carbons (Fsp3) is 0.650. The van der Waals surface area contributed by atoms with Gasteiger partial charge in [-0.05, 0) is 40.0 Å². The van der Waals surface area contributed by atoms with Crippen molar-refractivity contribution in [2.75, 3.05) is 18.0 Å². The Bertz CT molecular complexity index is 969. The monoisotopic (exact) mass is 434 g/mol. The molecule has 0 unspecified atom stereocenters. The van der Waals surface area contributed by atoms with Crippen molar-refractivity contribution in [1.29, 1.82) is 0 Å². The first-order valence-electron chi connectivity index (χ1n) is 10.5. The Balaban J connectivity index is 1.77. The van der Waals surface area contributed by atoms with Crippen LogP contribution in [0.1, 0.15) is 47.0 Å². The van der Waals surface area contributed by atoms with Gasteiger partial charge in [-0.25, -0.2) is 4.98 Å². The number of fused-ring (bicyclic) bond motifs is 1. The van der Waals surface area contributed by atoms with Gasteiger partial charge in [0, 0.05) is 25.2 Å². The smallest absolute Gasteiger partial charge is 0.273 e. The minimum absolute atomic E-state index is 0.0554. The van der Waals surface area contributed by atoms with Crippen LogP contribution in [0.5, 0.6) is 0 Å². The third-order valence-corrected chi connectivity index (χ3v) is 6.29. The van der Waals surface area contributed by atoms with E-state index in [1.54, 1.807) is 0 Å². The number of thiazole rings is 1. The molecule has 2 aromatic heterocycles. The molecule has 0 aliphatic carbocycles. The van der Waals surface area contributed by atoms with Gasteiger partial charge < -0.3 is 15.5 Å². The molecule has 0 aromatic carbocycles. The Hall–Kier alpha value is -2.49. The minimum Gasteiger partial charge on any atom is -0.354 e. The average Bonchev–Trinajstić information content (AvgIpc) is 3.15. The van der Waals surface area contributed by atoms with Crippen LogP contribution < -0.4 is 21.1 Å². The number of aromatic nitrogens is 3. The first-order valence-corrected chi connectivity index (χ1v) is 11.3. The molecule has 2 aromatic rings. The molecular weight excluding hydrogens is 404 g/mol. The van der Waals surface area contributed by atoms with E-state index in [2.05, 4.69) is 25.5 Å². The van der Waals surface area contributed by atoms with Gasteiger partial charge in [-0.2, -0.15) is 4.98 Å². The Morgan fingerprint density at radius 2 is 2.07 bits per heavy atom. The van der Waals surface area contributed by atoms with Crippen LogP contribution in [0.25, 0.3) is 10.3 Å². The molecule has 9 nitrogen and oxygen atoms in total. The first-order chi connectivity index (χ1) is 14.3. The number of carbonyl (C=O) groups is 2. The molecule has 0 bridgehead atoms. The van der Waals surface area contributed by atoms with Gasteiger partial charge in [-0.3, -0.25) is 19.0 Å². The molecule has 2 atom stereocenters. The number of anilines is 1. The van der Waals surface area contributed by atoms with E-state index in [-0.39, 0.29) is 41.9 Å². The topological polar surface area (TPSA) is 109 Å². The third-order valence-electron chi connectivity index (χ3n) is 5.20. The van der Waals surface area contributed by atoms with Gasteiger partial charge in [-0.1, -0.05) is 18.3 Å². The SMILES string of the molecule is CC[C@H](C)NC(=O)Cn1cnc2nc(N3CCC[C@H](C(=O)NC(C)C)C3)sc2c1=O. The summed E-state index contributed by atoms with van der Waals surface area (Å²) >= 11 is 1.27. The van der Waals surface area contributed by atoms with Crippen LogP contribution in [0, 0.1) is 5.92 Å². The molecular formula is C20H30N6O3S. The van der Waals surface area contributed by atoms with E-state index in [1.165, 1.54) is 22.2 Å². The Labute approximate surface area is 179 Å². The fourth-order valence-electron chi connectivity index (χ4n) is 3.43. The second-order valence-electron chi connectivity index (χ2n) is 8.15. The predicted octanol–water partition coefficient (Wildman–Crippen LogP) is 1.51. The lowest BCUT2D eigenvalue weighted by Crippen LogP contribution is -2.44. The van der Waals surface area contributed by atoms with Crippen LogP contribution in [-0.4, -0.2) is 51.5 Å². The van der Waals surface area contributed by atoms with E-state index >= 15 is 0 Å². The summed E-state index contributed by atoms with van der Waals surface area (Å²) in [6, 6.07) is 0.162. The highest BCUT2D eigenvalue weighted by Crippen LogP contribution is 2.29. The Morgan fingerprint density at radius 3 is 2.77 bits per heavy atom. The van der Waals surface area contributed by atoms with Gasteiger partial charge in [0.25, 0.3) is 5.56 Å². The van der Waals surface area contributed by atoms with Crippen LogP contribution >= 0.6 is 11.3 Å². The molecule has 2 N–H and O–H groups in total. The molecule has 1 aliphatic rings. The van der Waals surface area contributed by atoms with Crippen molar-refractivity contribution in [3.8, 4) is 0 Å². The van der Waals surface area contributed by atoms with Crippen LogP contribution in [0.2, 0.25) is 0 Å². The summed E-state index contributed by atoms with van der Waals surface area (Å²) in [7, 11) is 0. The van der Waals surface area contributed by atoms with Crippen molar-refractivity contribution in [3.05, 3.63) is 16.7 Å². The molecule has 0 radical (unpaired) electrons. The Morgan fingerprint density at radius 1 is 1.30 bits per heavy atom. The zero-order valence-electron chi connectivity index (χ0n) is 18.0. The van der Waals surface area contributed by atoms with E-state index in [0.29, 0.717) is 22.0 Å². The summed E-state index contributed by atoms with van der Waals surface area (Å²) in [5.41, 5.74) is 0.113. The first kappa shape index (κ1) is 22.2. The standard InChI is InChI=1S/C20H30N6O3S/c1-5-13(4)23-15(27)10-26-11-21-17-16(19(26)29)30-20(24-17)25-8-6-7-14(9-25)18(28)22-12(2)3/h11-14H,5-10H2,1-4H3,(H,22,28)(H,23,27)/t13-,14-/m0/s1. The number of carbonyl (C=O) groups excluding carboxylic acids is 2. The molecule has 3 heterocycles. The lowest BCUT2D eigenvalue weighted by molar-refractivity contribution is -0.125. The number of piperidine rings is 1. The number of hydrogen-bond donors (Lipinski definition) is 2. The lowest BCUT2D eigenvalue weighted by atomic mass is 9.97. The molecule has 1 aliphatic heterocycles. The van der Waals surface area contributed by atoms with Crippen molar-refractivity contribution in [2.24, 2.45) is 5.92 Å². The van der Waals surface area contributed by atoms with Gasteiger partial charge in [0.1, 0.15) is 17.6 Å². The van der Waals surface area contributed by atoms with Crippen molar-refractivity contribution < 1.29 is 9.59 Å². The van der Waals surface area contributed by atoms with E-state index in [0.717, 1.165) is 25.8 Å². The van der Waals surface area contributed by atoms with Crippen molar-refractivity contribution in [2.45, 2.75) is 65.6 Å². The molecule has 164 valence electrons. The van der Waals surface area contributed by atoms with Gasteiger partial charge in [0.2, 0.25) is 11.8 Å². The van der Waals surface area contributed by atoms with Gasteiger partial charge in [0.15, 0.2) is 10.8 Å². The summed E-state index contributed by atoms with van der Waals surface area (Å²) in [5.74, 6) is -0.252. The zero-order chi connectivity index (χ0) is 21.8. The van der Waals surface area contributed by atoms with Crippen LogP contribution in [0.15, 0.2) is 11.1 Å². The third kappa shape index (κ3) is 5.16. The highest BCUT2D eigenvalue weighted by molar-refractivity contribution is 7.22. The second-order valence-corrected chi connectivity index (χ2v) is 9.13. The maximum absolute atomic E-state index is 12.8. The molecule has 10 heteroatoms. The molecule has 1 fully saturated rings. The zero-order valence-corrected chi connectivity index (χ0v) is 18.8. The number of nitrogens with zero attached hydrogens (tertiary/aromatic N) is 4. The molecule has 0 saturated carbocycles. The number of rotatable bonds is 7. The number of hydrogen-bond acceptors (Lipinski definition) is 7. The van der Waals surface area contributed by atoms with E-state index in [1.807, 2.05) is 27.7 Å². The maximum atomic E-state index is 12.8. The van der Waals surface area contributed by atoms with Crippen molar-refractivity contribution in [3.63, 3.8) is 0 Å². The normalized spacial score (nSPS) is 17.9. The van der Waals surface area contributed by atoms with E-state index in [4.69, 9.17) is 0 Å². The highest BCUT2D eigenvalue weighted by atomic mass is 32.1. The molecule has 1 saturated heterocycles. The van der Waals surface area contributed by atoms with Gasteiger partial charge in [-0.15, -0.1) is 0 Å². The molecule has 3 rings (SSSR count). The predicted molar refractivity (Wildman–Crippen MR) is 118 cm³/mol. The largest absolute Gasteiger partial charge is 0.354 e. The van der Waals surface area contributed by atoms with E-state index < -0.39 is 0 Å². The summed E-state index contributed by atoms with van der Waals surface area (Å²) in [6.45, 7) is 9.10.